The van der Waals surface area contributed by atoms with Crippen molar-refractivity contribution < 1.29 is 14.1 Å². The van der Waals surface area contributed by atoms with Crippen LogP contribution in [0.15, 0.2) is 41.2 Å². The van der Waals surface area contributed by atoms with Crippen LogP contribution >= 0.6 is 0 Å². The maximum Gasteiger partial charge on any atom is 0.254 e. The van der Waals surface area contributed by atoms with Crippen molar-refractivity contribution in [2.45, 2.75) is 32.7 Å². The zero-order valence-corrected chi connectivity index (χ0v) is 16.2. The topological polar surface area (TPSA) is 81.4 Å². The van der Waals surface area contributed by atoms with Gasteiger partial charge in [-0.1, -0.05) is 17.3 Å². The molecule has 1 atom stereocenters. The second-order valence-corrected chi connectivity index (χ2v) is 6.94. The Kier molecular flexibility index (Phi) is 4.81. The zero-order chi connectivity index (χ0) is 19.7. The van der Waals surface area contributed by atoms with Crippen LogP contribution in [0.25, 0.3) is 11.1 Å². The minimum Gasteiger partial charge on any atom is -0.480 e. The van der Waals surface area contributed by atoms with E-state index in [4.69, 9.17) is 9.26 Å². The first-order valence-electron chi connectivity index (χ1n) is 9.28. The van der Waals surface area contributed by atoms with Gasteiger partial charge in [0.05, 0.1) is 24.4 Å². The van der Waals surface area contributed by atoms with E-state index in [-0.39, 0.29) is 11.9 Å². The summed E-state index contributed by atoms with van der Waals surface area (Å²) in [5.41, 5.74) is 3.88. The molecule has 0 saturated carbocycles. The number of methoxy groups -OCH3 is 1. The van der Waals surface area contributed by atoms with Gasteiger partial charge in [-0.3, -0.25) is 4.79 Å². The molecule has 0 radical (unpaired) electrons. The number of carbonyl (C=O) groups excluding carboxylic acids is 1. The van der Waals surface area contributed by atoms with E-state index in [9.17, 15) is 4.79 Å². The van der Waals surface area contributed by atoms with E-state index in [0.717, 1.165) is 41.1 Å². The standard InChI is InChI=1S/C21H22N4O3/c1-13-10-17(24-28-13)18-8-5-9-25(18)21(26)16-7-4-6-15(11-16)19-14(2)22-12-23-20(19)27-3/h4,6-7,10-12,18H,5,8-9H2,1-3H3/t18-/m1/s1. The Labute approximate surface area is 163 Å². The van der Waals surface area contributed by atoms with Crippen molar-refractivity contribution in [1.82, 2.24) is 20.0 Å². The highest BCUT2D eigenvalue weighted by molar-refractivity contribution is 5.96. The lowest BCUT2D eigenvalue weighted by Crippen LogP contribution is -2.30. The Bertz CT molecular complexity index is 1010. The van der Waals surface area contributed by atoms with Crippen molar-refractivity contribution in [2.75, 3.05) is 13.7 Å². The summed E-state index contributed by atoms with van der Waals surface area (Å²) < 4.78 is 10.6. The molecule has 7 nitrogen and oxygen atoms in total. The molecule has 1 amide bonds. The molecule has 1 aromatic carbocycles. The maximum atomic E-state index is 13.3. The lowest BCUT2D eigenvalue weighted by molar-refractivity contribution is 0.0731. The average molecular weight is 378 g/mol. The quantitative estimate of drug-likeness (QED) is 0.688. The van der Waals surface area contributed by atoms with Crippen molar-refractivity contribution in [3.05, 3.63) is 59.4 Å². The third kappa shape index (κ3) is 3.24. The number of benzene rings is 1. The molecule has 3 aromatic rings. The normalized spacial score (nSPS) is 16.4. The first kappa shape index (κ1) is 18.2. The minimum atomic E-state index is -0.0510. The predicted molar refractivity (Wildman–Crippen MR) is 103 cm³/mol. The third-order valence-corrected chi connectivity index (χ3v) is 5.09. The molecule has 1 saturated heterocycles. The molecule has 2 aromatic heterocycles. The van der Waals surface area contributed by atoms with Crippen LogP contribution in [0.1, 0.15) is 46.4 Å². The van der Waals surface area contributed by atoms with Crippen molar-refractivity contribution in [3.63, 3.8) is 0 Å². The molecular formula is C21H22N4O3. The van der Waals surface area contributed by atoms with Crippen molar-refractivity contribution in [1.29, 1.82) is 0 Å². The Hall–Kier alpha value is -3.22. The highest BCUT2D eigenvalue weighted by Crippen LogP contribution is 2.34. The second kappa shape index (κ2) is 7.42. The van der Waals surface area contributed by atoms with E-state index in [0.29, 0.717) is 18.0 Å². The van der Waals surface area contributed by atoms with Crippen LogP contribution in [-0.4, -0.2) is 39.6 Å². The molecule has 0 unspecified atom stereocenters. The number of ether oxygens (including phenoxy) is 1. The Morgan fingerprint density at radius 2 is 2.11 bits per heavy atom. The van der Waals surface area contributed by atoms with Gasteiger partial charge in [-0.15, -0.1) is 0 Å². The summed E-state index contributed by atoms with van der Waals surface area (Å²) in [6.07, 6.45) is 3.31. The van der Waals surface area contributed by atoms with Crippen molar-refractivity contribution in [3.8, 4) is 17.0 Å². The van der Waals surface area contributed by atoms with Gasteiger partial charge in [0.2, 0.25) is 5.88 Å². The van der Waals surface area contributed by atoms with E-state index >= 15 is 0 Å². The van der Waals surface area contributed by atoms with E-state index in [1.54, 1.807) is 7.11 Å². The number of hydrogen-bond donors (Lipinski definition) is 0. The average Bonchev–Trinajstić information content (AvgIpc) is 3.36. The number of rotatable bonds is 4. The van der Waals surface area contributed by atoms with E-state index in [2.05, 4.69) is 15.1 Å². The van der Waals surface area contributed by atoms with Crippen LogP contribution < -0.4 is 4.74 Å². The fourth-order valence-corrected chi connectivity index (χ4v) is 3.77. The van der Waals surface area contributed by atoms with Gasteiger partial charge in [0, 0.05) is 18.2 Å². The van der Waals surface area contributed by atoms with Crippen LogP contribution in [0.5, 0.6) is 5.88 Å². The molecule has 1 aliphatic heterocycles. The first-order chi connectivity index (χ1) is 13.6. The number of aryl methyl sites for hydroxylation is 2. The van der Waals surface area contributed by atoms with Gasteiger partial charge in [-0.25, -0.2) is 9.97 Å². The lowest BCUT2D eigenvalue weighted by atomic mass is 10.0. The molecule has 1 fully saturated rings. The summed E-state index contributed by atoms with van der Waals surface area (Å²) in [6.45, 7) is 4.46. The number of aromatic nitrogens is 3. The molecule has 4 rings (SSSR count). The summed E-state index contributed by atoms with van der Waals surface area (Å²) >= 11 is 0. The Balaban J connectivity index is 1.67. The fraction of sp³-hybridized carbons (Fsp3) is 0.333. The molecule has 0 N–H and O–H groups in total. The summed E-state index contributed by atoms with van der Waals surface area (Å²) in [5, 5.41) is 4.12. The number of nitrogens with zero attached hydrogens (tertiary/aromatic N) is 4. The Morgan fingerprint density at radius 1 is 1.25 bits per heavy atom. The predicted octanol–water partition coefficient (Wildman–Crippen LogP) is 3.73. The number of amides is 1. The molecule has 0 bridgehead atoms. The van der Waals surface area contributed by atoms with E-state index < -0.39 is 0 Å². The fourth-order valence-electron chi connectivity index (χ4n) is 3.77. The smallest absolute Gasteiger partial charge is 0.254 e. The van der Waals surface area contributed by atoms with Gasteiger partial charge in [-0.2, -0.15) is 0 Å². The molecular weight excluding hydrogens is 356 g/mol. The summed E-state index contributed by atoms with van der Waals surface area (Å²) in [4.78, 5) is 23.6. The van der Waals surface area contributed by atoms with Crippen LogP contribution in [0.4, 0.5) is 0 Å². The van der Waals surface area contributed by atoms with Crippen LogP contribution in [0, 0.1) is 13.8 Å². The minimum absolute atomic E-state index is 0.0153. The highest BCUT2D eigenvalue weighted by Gasteiger charge is 2.32. The maximum absolute atomic E-state index is 13.3. The van der Waals surface area contributed by atoms with Crippen molar-refractivity contribution in [2.24, 2.45) is 0 Å². The zero-order valence-electron chi connectivity index (χ0n) is 16.2. The highest BCUT2D eigenvalue weighted by atomic mass is 16.5. The number of hydrogen-bond acceptors (Lipinski definition) is 6. The van der Waals surface area contributed by atoms with Gasteiger partial charge < -0.3 is 14.2 Å². The van der Waals surface area contributed by atoms with Crippen LogP contribution in [-0.2, 0) is 0 Å². The number of carbonyl (C=O) groups is 1. The van der Waals surface area contributed by atoms with Gasteiger partial charge in [0.25, 0.3) is 5.91 Å². The molecule has 1 aliphatic rings. The third-order valence-electron chi connectivity index (χ3n) is 5.09. The molecule has 28 heavy (non-hydrogen) atoms. The Morgan fingerprint density at radius 3 is 2.86 bits per heavy atom. The molecule has 3 heterocycles. The van der Waals surface area contributed by atoms with Crippen LogP contribution in [0.2, 0.25) is 0 Å². The molecule has 0 aliphatic carbocycles. The lowest BCUT2D eigenvalue weighted by Gasteiger charge is -2.23. The van der Waals surface area contributed by atoms with Crippen LogP contribution in [0.3, 0.4) is 0 Å². The van der Waals surface area contributed by atoms with Gasteiger partial charge >= 0.3 is 0 Å². The van der Waals surface area contributed by atoms with Crippen molar-refractivity contribution >= 4 is 5.91 Å². The van der Waals surface area contributed by atoms with Gasteiger partial charge in [-0.05, 0) is 44.4 Å². The van der Waals surface area contributed by atoms with E-state index in [1.165, 1.54) is 6.33 Å². The second-order valence-electron chi connectivity index (χ2n) is 6.94. The summed E-state index contributed by atoms with van der Waals surface area (Å²) in [6, 6.07) is 9.38. The molecule has 144 valence electrons. The first-order valence-corrected chi connectivity index (χ1v) is 9.28. The monoisotopic (exact) mass is 378 g/mol. The van der Waals surface area contributed by atoms with Gasteiger partial charge in [0.15, 0.2) is 0 Å². The van der Waals surface area contributed by atoms with Gasteiger partial charge in [0.1, 0.15) is 17.8 Å². The van der Waals surface area contributed by atoms with E-state index in [1.807, 2.05) is 49.1 Å². The summed E-state index contributed by atoms with van der Waals surface area (Å²) in [5.74, 6) is 1.23. The number of likely N-dealkylation sites (tertiary alicyclic amines) is 1. The summed E-state index contributed by atoms with van der Waals surface area (Å²) in [7, 11) is 1.58. The molecule has 0 spiro atoms. The molecule has 7 heteroatoms. The largest absolute Gasteiger partial charge is 0.480 e. The SMILES string of the molecule is COc1ncnc(C)c1-c1cccc(C(=O)N2CCC[C@@H]2c2cc(C)on2)c1.